The Hall–Kier alpha value is -0.790. The highest BCUT2D eigenvalue weighted by Crippen LogP contribution is 2.13. The molecule has 0 aromatic heterocycles. The second kappa shape index (κ2) is 3.07. The first-order valence-corrected chi connectivity index (χ1v) is 4.09. The van der Waals surface area contributed by atoms with Crippen molar-refractivity contribution in [1.29, 1.82) is 0 Å². The Kier molecular flexibility index (Phi) is 2.32. The molecular formula is C9H15NO. The molecule has 0 saturated heterocycles. The van der Waals surface area contributed by atoms with E-state index in [0.29, 0.717) is 12.0 Å². The fraction of sp³-hybridized carbons (Fsp3) is 0.667. The van der Waals surface area contributed by atoms with Gasteiger partial charge in [0.2, 0.25) is 5.91 Å². The Balaban J connectivity index is 2.62. The number of carbonyl (C=O) groups is 1. The molecule has 1 unspecified atom stereocenters. The molecule has 0 fully saturated rings. The molecule has 1 heterocycles. The third-order valence-electron chi connectivity index (χ3n) is 2.16. The van der Waals surface area contributed by atoms with Gasteiger partial charge in [-0.25, -0.2) is 0 Å². The van der Waals surface area contributed by atoms with E-state index in [1.165, 1.54) is 0 Å². The average Bonchev–Trinajstić information content (AvgIpc) is 1.94. The summed E-state index contributed by atoms with van der Waals surface area (Å²) in [5.41, 5.74) is 0.849. The molecule has 1 aliphatic heterocycles. The molecule has 0 saturated carbocycles. The second-order valence-electron chi connectivity index (χ2n) is 3.45. The van der Waals surface area contributed by atoms with Gasteiger partial charge in [0.15, 0.2) is 0 Å². The van der Waals surface area contributed by atoms with Crippen LogP contribution in [0.15, 0.2) is 11.6 Å². The molecule has 0 radical (unpaired) electrons. The molecule has 1 amide bonds. The van der Waals surface area contributed by atoms with E-state index in [1.807, 2.05) is 13.0 Å². The number of amides is 1. The largest absolute Gasteiger partial charge is 0.349 e. The summed E-state index contributed by atoms with van der Waals surface area (Å²) in [5.74, 6) is 0.623. The highest BCUT2D eigenvalue weighted by atomic mass is 16.1. The lowest BCUT2D eigenvalue weighted by atomic mass is 9.96. The van der Waals surface area contributed by atoms with Gasteiger partial charge in [-0.3, -0.25) is 4.79 Å². The van der Waals surface area contributed by atoms with Crippen LogP contribution in [0.3, 0.4) is 0 Å². The van der Waals surface area contributed by atoms with Gasteiger partial charge in [-0.1, -0.05) is 19.9 Å². The van der Waals surface area contributed by atoms with Crippen LogP contribution in [-0.4, -0.2) is 11.9 Å². The van der Waals surface area contributed by atoms with Crippen LogP contribution in [0.5, 0.6) is 0 Å². The molecule has 1 N–H and O–H groups in total. The van der Waals surface area contributed by atoms with Gasteiger partial charge in [0, 0.05) is 11.6 Å². The van der Waals surface area contributed by atoms with Gasteiger partial charge in [-0.15, -0.1) is 0 Å². The van der Waals surface area contributed by atoms with Crippen molar-refractivity contribution in [3.63, 3.8) is 0 Å². The Bertz CT molecular complexity index is 194. The van der Waals surface area contributed by atoms with Gasteiger partial charge in [0.05, 0.1) is 0 Å². The van der Waals surface area contributed by atoms with Crippen LogP contribution >= 0.6 is 0 Å². The highest BCUT2D eigenvalue weighted by Gasteiger charge is 2.19. The van der Waals surface area contributed by atoms with Crippen LogP contribution in [0.1, 0.15) is 27.2 Å². The minimum absolute atomic E-state index is 0.0925. The van der Waals surface area contributed by atoms with Crippen molar-refractivity contribution in [3.05, 3.63) is 11.6 Å². The monoisotopic (exact) mass is 153 g/mol. The minimum Gasteiger partial charge on any atom is -0.349 e. The lowest BCUT2D eigenvalue weighted by Gasteiger charge is -2.24. The summed E-state index contributed by atoms with van der Waals surface area (Å²) in [6, 6.07) is 0.339. The van der Waals surface area contributed by atoms with Gasteiger partial charge in [0.1, 0.15) is 0 Å². The summed E-state index contributed by atoms with van der Waals surface area (Å²) < 4.78 is 0. The van der Waals surface area contributed by atoms with Gasteiger partial charge in [0.25, 0.3) is 0 Å². The van der Waals surface area contributed by atoms with Crippen LogP contribution < -0.4 is 5.32 Å². The summed E-state index contributed by atoms with van der Waals surface area (Å²) in [4.78, 5) is 11.1. The summed E-state index contributed by atoms with van der Waals surface area (Å²) in [5, 5.41) is 2.96. The molecule has 1 aliphatic rings. The topological polar surface area (TPSA) is 29.1 Å². The number of carbonyl (C=O) groups excluding carboxylic acids is 1. The zero-order chi connectivity index (χ0) is 8.43. The van der Waals surface area contributed by atoms with E-state index in [0.717, 1.165) is 12.0 Å². The Morgan fingerprint density at radius 1 is 1.64 bits per heavy atom. The summed E-state index contributed by atoms with van der Waals surface area (Å²) >= 11 is 0. The number of hydrogen-bond acceptors (Lipinski definition) is 1. The molecule has 0 aromatic rings. The standard InChI is InChI=1S/C9H15NO/c1-6(2)8-5-4-7(3)9(11)10-8/h4,6,8H,5H2,1-3H3,(H,10,11). The van der Waals surface area contributed by atoms with Gasteiger partial charge >= 0.3 is 0 Å². The first-order valence-electron chi connectivity index (χ1n) is 4.09. The van der Waals surface area contributed by atoms with E-state index in [4.69, 9.17) is 0 Å². The summed E-state index contributed by atoms with van der Waals surface area (Å²) in [6.07, 6.45) is 3.00. The van der Waals surface area contributed by atoms with Crippen molar-refractivity contribution in [2.75, 3.05) is 0 Å². The molecule has 1 atom stereocenters. The normalized spacial score (nSPS) is 24.9. The van der Waals surface area contributed by atoms with E-state index >= 15 is 0 Å². The summed E-state index contributed by atoms with van der Waals surface area (Å²) in [6.45, 7) is 6.10. The van der Waals surface area contributed by atoms with E-state index in [-0.39, 0.29) is 5.91 Å². The molecule has 0 spiro atoms. The molecule has 2 heteroatoms. The van der Waals surface area contributed by atoms with Gasteiger partial charge in [-0.05, 0) is 19.3 Å². The molecule has 0 aliphatic carbocycles. The number of nitrogens with one attached hydrogen (secondary N) is 1. The maximum absolute atomic E-state index is 11.1. The Labute approximate surface area is 67.7 Å². The maximum Gasteiger partial charge on any atom is 0.246 e. The van der Waals surface area contributed by atoms with E-state index in [2.05, 4.69) is 19.2 Å². The average molecular weight is 153 g/mol. The molecule has 11 heavy (non-hydrogen) atoms. The fourth-order valence-electron chi connectivity index (χ4n) is 1.18. The molecule has 0 aromatic carbocycles. The predicted molar refractivity (Wildman–Crippen MR) is 45.1 cm³/mol. The third-order valence-corrected chi connectivity index (χ3v) is 2.16. The van der Waals surface area contributed by atoms with Crippen molar-refractivity contribution in [3.8, 4) is 0 Å². The Morgan fingerprint density at radius 3 is 2.73 bits per heavy atom. The molecule has 62 valence electrons. The van der Waals surface area contributed by atoms with Crippen LogP contribution in [0.25, 0.3) is 0 Å². The fourth-order valence-corrected chi connectivity index (χ4v) is 1.18. The molecule has 1 rings (SSSR count). The zero-order valence-corrected chi connectivity index (χ0v) is 7.35. The molecule has 0 bridgehead atoms. The lowest BCUT2D eigenvalue weighted by molar-refractivity contribution is -0.118. The first kappa shape index (κ1) is 8.31. The highest BCUT2D eigenvalue weighted by molar-refractivity contribution is 5.93. The smallest absolute Gasteiger partial charge is 0.246 e. The maximum atomic E-state index is 11.1. The van der Waals surface area contributed by atoms with Crippen LogP contribution in [0.4, 0.5) is 0 Å². The minimum atomic E-state index is 0.0925. The first-order chi connectivity index (χ1) is 5.11. The second-order valence-corrected chi connectivity index (χ2v) is 3.45. The quantitative estimate of drug-likeness (QED) is 0.607. The number of hydrogen-bond donors (Lipinski definition) is 1. The molecule has 2 nitrogen and oxygen atoms in total. The van der Waals surface area contributed by atoms with E-state index < -0.39 is 0 Å². The summed E-state index contributed by atoms with van der Waals surface area (Å²) in [7, 11) is 0. The zero-order valence-electron chi connectivity index (χ0n) is 7.35. The van der Waals surface area contributed by atoms with Crippen molar-refractivity contribution in [2.45, 2.75) is 33.2 Å². The Morgan fingerprint density at radius 2 is 2.27 bits per heavy atom. The molecular weight excluding hydrogens is 138 g/mol. The van der Waals surface area contributed by atoms with Crippen molar-refractivity contribution in [2.24, 2.45) is 5.92 Å². The van der Waals surface area contributed by atoms with Gasteiger partial charge < -0.3 is 5.32 Å². The lowest BCUT2D eigenvalue weighted by Crippen LogP contribution is -2.41. The van der Waals surface area contributed by atoms with Crippen molar-refractivity contribution >= 4 is 5.91 Å². The van der Waals surface area contributed by atoms with E-state index in [1.54, 1.807) is 0 Å². The SMILES string of the molecule is CC1=CCC(C(C)C)NC1=O. The van der Waals surface area contributed by atoms with Crippen LogP contribution in [-0.2, 0) is 4.79 Å². The van der Waals surface area contributed by atoms with E-state index in [9.17, 15) is 4.79 Å². The number of rotatable bonds is 1. The van der Waals surface area contributed by atoms with Crippen molar-refractivity contribution < 1.29 is 4.79 Å². The van der Waals surface area contributed by atoms with Crippen LogP contribution in [0.2, 0.25) is 0 Å². The van der Waals surface area contributed by atoms with Crippen molar-refractivity contribution in [1.82, 2.24) is 5.32 Å². The predicted octanol–water partition coefficient (Wildman–Crippen LogP) is 1.48. The van der Waals surface area contributed by atoms with Crippen LogP contribution in [0, 0.1) is 5.92 Å². The third kappa shape index (κ3) is 1.82. The van der Waals surface area contributed by atoms with Gasteiger partial charge in [-0.2, -0.15) is 0 Å².